The third-order valence-corrected chi connectivity index (χ3v) is 4.73. The molecule has 1 aliphatic carbocycles. The van der Waals surface area contributed by atoms with Crippen molar-refractivity contribution in [1.29, 1.82) is 0 Å². The van der Waals surface area contributed by atoms with Crippen LogP contribution in [-0.4, -0.2) is 13.1 Å². The zero-order valence-corrected chi connectivity index (χ0v) is 14.4. The molecule has 0 saturated heterocycles. The van der Waals surface area contributed by atoms with Crippen LogP contribution in [0.15, 0.2) is 51.7 Å². The highest BCUT2D eigenvalue weighted by molar-refractivity contribution is 5.90. The molecule has 1 aliphatic rings. The van der Waals surface area contributed by atoms with E-state index in [4.69, 9.17) is 13.9 Å². The molecule has 3 aromatic rings. The van der Waals surface area contributed by atoms with E-state index in [2.05, 4.69) is 6.07 Å². The van der Waals surface area contributed by atoms with Gasteiger partial charge in [-0.15, -0.1) is 0 Å². The summed E-state index contributed by atoms with van der Waals surface area (Å²) in [6, 6.07) is 12.1. The minimum atomic E-state index is -0.449. The van der Waals surface area contributed by atoms with Crippen LogP contribution in [0.3, 0.4) is 0 Å². The van der Waals surface area contributed by atoms with Crippen molar-refractivity contribution in [2.24, 2.45) is 0 Å². The zero-order chi connectivity index (χ0) is 18.1. The number of aryl methyl sites for hydroxylation is 2. The van der Waals surface area contributed by atoms with Crippen molar-refractivity contribution in [3.8, 4) is 5.75 Å². The standard InChI is InChI=1S/C21H18O5/c1-24-17-7-5-13(6-8-17)21(23)25-12-16-11-20(22)26-19-10-15-4-2-3-14(15)9-18(16)19/h5-11H,2-4,12H2,1H3. The van der Waals surface area contributed by atoms with E-state index in [1.165, 1.54) is 17.2 Å². The van der Waals surface area contributed by atoms with E-state index < -0.39 is 11.6 Å². The van der Waals surface area contributed by atoms with Gasteiger partial charge in [-0.25, -0.2) is 9.59 Å². The van der Waals surface area contributed by atoms with Crippen LogP contribution < -0.4 is 10.4 Å². The van der Waals surface area contributed by atoms with Gasteiger partial charge in [0, 0.05) is 17.0 Å². The van der Waals surface area contributed by atoms with Crippen LogP contribution in [0.25, 0.3) is 11.0 Å². The molecule has 0 spiro atoms. The molecule has 5 heteroatoms. The first-order valence-electron chi connectivity index (χ1n) is 8.54. The van der Waals surface area contributed by atoms with Gasteiger partial charge < -0.3 is 13.9 Å². The second kappa shape index (κ2) is 6.67. The largest absolute Gasteiger partial charge is 0.497 e. The van der Waals surface area contributed by atoms with Gasteiger partial charge in [0.1, 0.15) is 17.9 Å². The Hall–Kier alpha value is -3.08. The van der Waals surface area contributed by atoms with Gasteiger partial charge in [-0.1, -0.05) is 0 Å². The summed E-state index contributed by atoms with van der Waals surface area (Å²) in [5.74, 6) is 0.220. The number of fused-ring (bicyclic) bond motifs is 2. The van der Waals surface area contributed by atoms with Gasteiger partial charge in [-0.05, 0) is 66.8 Å². The molecule has 0 saturated carbocycles. The maximum atomic E-state index is 12.3. The van der Waals surface area contributed by atoms with E-state index in [-0.39, 0.29) is 6.61 Å². The van der Waals surface area contributed by atoms with Crippen molar-refractivity contribution in [2.75, 3.05) is 7.11 Å². The maximum Gasteiger partial charge on any atom is 0.338 e. The van der Waals surface area contributed by atoms with Gasteiger partial charge in [-0.3, -0.25) is 0 Å². The lowest BCUT2D eigenvalue weighted by Crippen LogP contribution is -2.08. The SMILES string of the molecule is COc1ccc(C(=O)OCc2cc(=O)oc3cc4c(cc23)CCC4)cc1. The number of carbonyl (C=O) groups is 1. The molecule has 4 rings (SSSR count). The van der Waals surface area contributed by atoms with Crippen molar-refractivity contribution in [3.63, 3.8) is 0 Å². The number of esters is 1. The molecule has 2 aromatic carbocycles. The third-order valence-electron chi connectivity index (χ3n) is 4.73. The Balaban J connectivity index is 1.60. The number of hydrogen-bond donors (Lipinski definition) is 0. The Morgan fingerprint density at radius 2 is 1.81 bits per heavy atom. The van der Waals surface area contributed by atoms with Crippen molar-refractivity contribution in [1.82, 2.24) is 0 Å². The third kappa shape index (κ3) is 3.08. The molecule has 5 nitrogen and oxygen atoms in total. The highest BCUT2D eigenvalue weighted by Gasteiger charge is 2.16. The Morgan fingerprint density at radius 3 is 2.54 bits per heavy atom. The molecule has 0 unspecified atom stereocenters. The monoisotopic (exact) mass is 350 g/mol. The predicted molar refractivity (Wildman–Crippen MR) is 96.6 cm³/mol. The average Bonchev–Trinajstić information content (AvgIpc) is 3.11. The fourth-order valence-corrected chi connectivity index (χ4v) is 3.37. The Labute approximate surface area is 150 Å². The lowest BCUT2D eigenvalue weighted by Gasteiger charge is -2.09. The van der Waals surface area contributed by atoms with Crippen molar-refractivity contribution in [3.05, 3.63) is 75.1 Å². The minimum Gasteiger partial charge on any atom is -0.497 e. The normalized spacial score (nSPS) is 12.8. The summed E-state index contributed by atoms with van der Waals surface area (Å²) >= 11 is 0. The Morgan fingerprint density at radius 1 is 1.08 bits per heavy atom. The number of hydrogen-bond acceptors (Lipinski definition) is 5. The summed E-state index contributed by atoms with van der Waals surface area (Å²) in [5.41, 5.74) is 3.70. The zero-order valence-electron chi connectivity index (χ0n) is 14.4. The Kier molecular flexibility index (Phi) is 4.21. The first-order valence-corrected chi connectivity index (χ1v) is 8.54. The van der Waals surface area contributed by atoms with Crippen molar-refractivity contribution < 1.29 is 18.7 Å². The minimum absolute atomic E-state index is 0.0196. The van der Waals surface area contributed by atoms with E-state index in [0.717, 1.165) is 24.6 Å². The summed E-state index contributed by atoms with van der Waals surface area (Å²) in [7, 11) is 1.57. The number of carbonyl (C=O) groups excluding carboxylic acids is 1. The fourth-order valence-electron chi connectivity index (χ4n) is 3.37. The van der Waals surface area contributed by atoms with Crippen molar-refractivity contribution >= 4 is 16.9 Å². The molecular formula is C21H18O5. The summed E-state index contributed by atoms with van der Waals surface area (Å²) in [5, 5.41) is 0.827. The van der Waals surface area contributed by atoms with Crippen LogP contribution in [0.1, 0.15) is 33.5 Å². The smallest absolute Gasteiger partial charge is 0.338 e. The quantitative estimate of drug-likeness (QED) is 0.531. The molecule has 1 heterocycles. The van der Waals surface area contributed by atoms with E-state index >= 15 is 0 Å². The average molecular weight is 350 g/mol. The number of methoxy groups -OCH3 is 1. The number of rotatable bonds is 4. The van der Waals surface area contributed by atoms with Gasteiger partial charge in [0.2, 0.25) is 0 Å². The van der Waals surface area contributed by atoms with Crippen LogP contribution in [0.4, 0.5) is 0 Å². The number of ether oxygens (including phenoxy) is 2. The van der Waals surface area contributed by atoms with E-state index in [0.29, 0.717) is 22.5 Å². The molecule has 0 radical (unpaired) electrons. The molecular weight excluding hydrogens is 332 g/mol. The van der Waals surface area contributed by atoms with Gasteiger partial charge in [-0.2, -0.15) is 0 Å². The molecule has 0 atom stereocenters. The molecule has 132 valence electrons. The number of benzene rings is 2. The second-order valence-electron chi connectivity index (χ2n) is 6.37. The predicted octanol–water partition coefficient (Wildman–Crippen LogP) is 3.65. The summed E-state index contributed by atoms with van der Waals surface area (Å²) < 4.78 is 15.8. The highest BCUT2D eigenvalue weighted by Crippen LogP contribution is 2.28. The summed E-state index contributed by atoms with van der Waals surface area (Å²) in [4.78, 5) is 24.1. The lowest BCUT2D eigenvalue weighted by atomic mass is 10.0. The van der Waals surface area contributed by atoms with Crippen molar-refractivity contribution in [2.45, 2.75) is 25.9 Å². The van der Waals surface area contributed by atoms with Crippen LogP contribution in [0.5, 0.6) is 5.75 Å². The molecule has 0 N–H and O–H groups in total. The molecule has 1 aromatic heterocycles. The highest BCUT2D eigenvalue weighted by atomic mass is 16.5. The molecule has 0 aliphatic heterocycles. The maximum absolute atomic E-state index is 12.3. The van der Waals surface area contributed by atoms with Crippen LogP contribution in [0, 0.1) is 0 Å². The second-order valence-corrected chi connectivity index (χ2v) is 6.37. The summed E-state index contributed by atoms with van der Waals surface area (Å²) in [6.45, 7) is 0.0196. The fraction of sp³-hybridized carbons (Fsp3) is 0.238. The lowest BCUT2D eigenvalue weighted by molar-refractivity contribution is 0.0474. The van der Waals surface area contributed by atoms with E-state index in [9.17, 15) is 9.59 Å². The van der Waals surface area contributed by atoms with Gasteiger partial charge in [0.05, 0.1) is 12.7 Å². The van der Waals surface area contributed by atoms with E-state index in [1.807, 2.05) is 6.07 Å². The molecule has 26 heavy (non-hydrogen) atoms. The van der Waals surface area contributed by atoms with Gasteiger partial charge in [0.25, 0.3) is 0 Å². The van der Waals surface area contributed by atoms with Crippen LogP contribution in [0.2, 0.25) is 0 Å². The molecule has 0 fully saturated rings. The molecule has 0 bridgehead atoms. The van der Waals surface area contributed by atoms with Crippen LogP contribution in [-0.2, 0) is 24.2 Å². The molecule has 0 amide bonds. The first-order chi connectivity index (χ1) is 12.6. The Bertz CT molecular complexity index is 1030. The van der Waals surface area contributed by atoms with Crippen LogP contribution >= 0.6 is 0 Å². The first kappa shape index (κ1) is 16.4. The van der Waals surface area contributed by atoms with E-state index in [1.54, 1.807) is 31.4 Å². The van der Waals surface area contributed by atoms with Gasteiger partial charge >= 0.3 is 11.6 Å². The topological polar surface area (TPSA) is 65.7 Å². The summed E-state index contributed by atoms with van der Waals surface area (Å²) in [6.07, 6.45) is 3.14. The van der Waals surface area contributed by atoms with Gasteiger partial charge in [0.15, 0.2) is 0 Å².